The number of hydrogen-bond donors (Lipinski definition) is 6. The van der Waals surface area contributed by atoms with Crippen LogP contribution in [-0.2, 0) is 18.4 Å². The third-order valence-electron chi connectivity index (χ3n) is 3.67. The van der Waals surface area contributed by atoms with Crippen LogP contribution in [0.1, 0.15) is 11.8 Å². The van der Waals surface area contributed by atoms with E-state index in [0.717, 1.165) is 10.8 Å². The van der Waals surface area contributed by atoms with Gasteiger partial charge in [0, 0.05) is 11.2 Å². The normalized spacial score (nSPS) is 27.5. The zero-order valence-corrected chi connectivity index (χ0v) is 16.5. The fourth-order valence-electron chi connectivity index (χ4n) is 2.43. The van der Waals surface area contributed by atoms with Crippen molar-refractivity contribution in [3.05, 3.63) is 39.2 Å². The number of rotatable bonds is 7. The first-order valence-corrected chi connectivity index (χ1v) is 11.4. The lowest BCUT2D eigenvalue weighted by Gasteiger charge is -2.18. The van der Waals surface area contributed by atoms with Crippen molar-refractivity contribution in [2.75, 3.05) is 12.5 Å². The van der Waals surface area contributed by atoms with Crippen LogP contribution in [0.15, 0.2) is 22.4 Å². The molecule has 2 rings (SSSR count). The van der Waals surface area contributed by atoms with E-state index >= 15 is 0 Å². The largest absolute Gasteiger partial charge is 0.387 e. The average Bonchev–Trinajstić information content (AvgIpc) is 2.79. The maximum atomic E-state index is 12.0. The molecule has 13 nitrogen and oxygen atoms in total. The van der Waals surface area contributed by atoms with Crippen molar-refractivity contribution in [3.63, 3.8) is 0 Å². The summed E-state index contributed by atoms with van der Waals surface area (Å²) in [6, 6.07) is 0. The second-order valence-corrected chi connectivity index (χ2v) is 10.3. The molecule has 1 aliphatic heterocycles. The van der Waals surface area contributed by atoms with Gasteiger partial charge in [0.05, 0.1) is 12.2 Å². The van der Waals surface area contributed by atoms with Crippen LogP contribution in [0.5, 0.6) is 0 Å². The number of nitrogens with zero attached hydrogens (tertiary/aromatic N) is 1. The minimum atomic E-state index is -4.85. The van der Waals surface area contributed by atoms with Crippen LogP contribution in [0.2, 0.25) is 0 Å². The van der Waals surface area contributed by atoms with Gasteiger partial charge in [-0.3, -0.25) is 23.5 Å². The highest BCUT2D eigenvalue weighted by Crippen LogP contribution is 2.55. The first-order chi connectivity index (χ1) is 12.7. The number of aliphatic hydroxyl groups is 2. The highest BCUT2D eigenvalue weighted by Gasteiger charge is 2.45. The molecule has 2 heterocycles. The minimum Gasteiger partial charge on any atom is -0.387 e. The minimum absolute atomic E-state index is 0.201. The fourth-order valence-corrected chi connectivity index (χ4v) is 5.13. The van der Waals surface area contributed by atoms with E-state index in [0.29, 0.717) is 0 Å². The molecule has 0 spiro atoms. The maximum absolute atomic E-state index is 12.0. The summed E-state index contributed by atoms with van der Waals surface area (Å²) < 4.78 is 33.0. The van der Waals surface area contributed by atoms with Crippen molar-refractivity contribution in [1.82, 2.24) is 9.55 Å². The molecule has 1 unspecified atom stereocenters. The number of aliphatic hydroxyl groups excluding tert-OH is 2. The predicted molar refractivity (Wildman–Crippen MR) is 94.8 cm³/mol. The van der Waals surface area contributed by atoms with Gasteiger partial charge in [-0.25, -0.2) is 4.79 Å². The van der Waals surface area contributed by atoms with Crippen LogP contribution in [0, 0.1) is 0 Å². The summed E-state index contributed by atoms with van der Waals surface area (Å²) in [4.78, 5) is 52.5. The molecule has 1 saturated heterocycles. The first kappa shape index (κ1) is 23.2. The summed E-state index contributed by atoms with van der Waals surface area (Å²) in [5.41, 5.74) is -2.04. The van der Waals surface area contributed by atoms with E-state index in [2.05, 4.69) is 11.1 Å². The van der Waals surface area contributed by atoms with Gasteiger partial charge >= 0.3 is 20.9 Å². The topological polar surface area (TPSA) is 209 Å². The Balaban J connectivity index is 2.21. The number of hydrogen-bond acceptors (Lipinski definition) is 8. The number of halogens is 1. The number of H-pyrrole nitrogens is 1. The van der Waals surface area contributed by atoms with Crippen molar-refractivity contribution in [1.29, 1.82) is 0 Å². The van der Waals surface area contributed by atoms with E-state index < -0.39 is 63.5 Å². The van der Waals surface area contributed by atoms with Crippen molar-refractivity contribution < 1.29 is 43.3 Å². The van der Waals surface area contributed by atoms with Gasteiger partial charge in [-0.15, -0.1) is 0 Å². The summed E-state index contributed by atoms with van der Waals surface area (Å²) in [7, 11) is -9.58. The molecule has 1 aromatic rings. The summed E-state index contributed by atoms with van der Waals surface area (Å²) in [5.74, 6) is -1.45. The van der Waals surface area contributed by atoms with Gasteiger partial charge in [0.15, 0.2) is 12.1 Å². The molecule has 1 aromatic heterocycles. The van der Waals surface area contributed by atoms with Crippen LogP contribution in [0.3, 0.4) is 0 Å². The van der Waals surface area contributed by atoms with Crippen LogP contribution in [-0.4, -0.2) is 65.3 Å². The Morgan fingerprint density at radius 3 is 2.43 bits per heavy atom. The van der Waals surface area contributed by atoms with Crippen molar-refractivity contribution in [2.45, 2.75) is 24.5 Å². The van der Waals surface area contributed by atoms with Crippen LogP contribution in [0.4, 0.5) is 0 Å². The summed E-state index contributed by atoms with van der Waals surface area (Å²) in [6.45, 7) is 2.53. The standard InChI is InChI=1S/C12H17ClN2O11P2/c1-5(13)6-2-15(12(19)14-10(6)18)11-9(17)8(16)7(26-11)3-25-28(23,24)4-27(20,21)22/h2,7-9,11,16-17H,1,3-4H2,(H,23,24)(H,14,18,19)(H2,20,21,22)/t7-,8-,9-,11-/m1/s1. The molecular weight excluding hydrogens is 446 g/mol. The zero-order valence-electron chi connectivity index (χ0n) is 13.9. The van der Waals surface area contributed by atoms with Gasteiger partial charge in [-0.2, -0.15) is 0 Å². The molecule has 0 bridgehead atoms. The van der Waals surface area contributed by atoms with Crippen molar-refractivity contribution >= 4 is 31.8 Å². The Morgan fingerprint density at radius 2 is 1.89 bits per heavy atom. The van der Waals surface area contributed by atoms with E-state index in [1.165, 1.54) is 0 Å². The monoisotopic (exact) mass is 462 g/mol. The van der Waals surface area contributed by atoms with Gasteiger partial charge in [-0.1, -0.05) is 18.2 Å². The lowest BCUT2D eigenvalue weighted by Crippen LogP contribution is -2.38. The maximum Gasteiger partial charge on any atom is 0.340 e. The Kier molecular flexibility index (Phi) is 6.89. The average molecular weight is 463 g/mol. The van der Waals surface area contributed by atoms with Gasteiger partial charge < -0.3 is 34.2 Å². The Bertz CT molecular complexity index is 969. The molecule has 6 N–H and O–H groups in total. The molecule has 28 heavy (non-hydrogen) atoms. The van der Waals surface area contributed by atoms with Crippen molar-refractivity contribution in [3.8, 4) is 0 Å². The summed E-state index contributed by atoms with van der Waals surface area (Å²) in [6.07, 6.45) is -5.42. The van der Waals surface area contributed by atoms with E-state index in [9.17, 15) is 33.8 Å². The number of aromatic nitrogens is 2. The SMILES string of the molecule is C=C(Cl)c1cn([C@@H]2O[C@H](COP(=O)(O)CP(=O)(O)O)[C@@H](O)[C@H]2O)c(=O)[nH]c1=O. The third kappa shape index (κ3) is 5.49. The lowest BCUT2D eigenvalue weighted by atomic mass is 10.1. The number of aromatic amines is 1. The summed E-state index contributed by atoms with van der Waals surface area (Å²) >= 11 is 5.66. The fraction of sp³-hybridized carbons (Fsp3) is 0.500. The van der Waals surface area contributed by atoms with Gasteiger partial charge in [0.1, 0.15) is 18.3 Å². The highest BCUT2D eigenvalue weighted by atomic mass is 35.5. The van der Waals surface area contributed by atoms with Crippen LogP contribution >= 0.6 is 26.8 Å². The number of nitrogens with one attached hydrogen (secondary N) is 1. The van der Waals surface area contributed by atoms with E-state index in [4.69, 9.17) is 26.1 Å². The molecule has 1 aliphatic rings. The Labute approximate surface area is 161 Å². The molecule has 16 heteroatoms. The molecule has 0 saturated carbocycles. The Morgan fingerprint density at radius 1 is 1.29 bits per heavy atom. The lowest BCUT2D eigenvalue weighted by molar-refractivity contribution is -0.0524. The first-order valence-electron chi connectivity index (χ1n) is 7.44. The van der Waals surface area contributed by atoms with E-state index in [1.54, 1.807) is 0 Å². The molecule has 0 aliphatic carbocycles. The number of ether oxygens (including phenoxy) is 1. The van der Waals surface area contributed by atoms with E-state index in [1.807, 2.05) is 4.98 Å². The van der Waals surface area contributed by atoms with Gasteiger partial charge in [0.2, 0.25) is 0 Å². The van der Waals surface area contributed by atoms with Crippen LogP contribution < -0.4 is 11.2 Å². The third-order valence-corrected chi connectivity index (χ3v) is 7.33. The van der Waals surface area contributed by atoms with Crippen LogP contribution in [0.25, 0.3) is 5.03 Å². The molecule has 0 aromatic carbocycles. The smallest absolute Gasteiger partial charge is 0.340 e. The van der Waals surface area contributed by atoms with Gasteiger partial charge in [0.25, 0.3) is 5.56 Å². The van der Waals surface area contributed by atoms with E-state index in [-0.39, 0.29) is 10.6 Å². The molecule has 5 atom stereocenters. The highest BCUT2D eigenvalue weighted by molar-refractivity contribution is 7.70. The van der Waals surface area contributed by atoms with Crippen molar-refractivity contribution in [2.24, 2.45) is 0 Å². The Hall–Kier alpha value is -1.11. The molecule has 0 amide bonds. The summed E-state index contributed by atoms with van der Waals surface area (Å²) in [5, 5.41) is 20.0. The quantitative estimate of drug-likeness (QED) is 0.262. The molecule has 158 valence electrons. The molecule has 0 radical (unpaired) electrons. The molecular formula is C12H17ClN2O11P2. The predicted octanol–water partition coefficient (Wildman–Crippen LogP) is -1.30. The zero-order chi connectivity index (χ0) is 21.4. The second kappa shape index (κ2) is 8.33. The second-order valence-electron chi connectivity index (χ2n) is 5.90. The van der Waals surface area contributed by atoms with Gasteiger partial charge in [-0.05, 0) is 0 Å². The molecule has 1 fully saturated rings.